The Hall–Kier alpha value is -3.35. The van der Waals surface area contributed by atoms with E-state index in [2.05, 4.69) is 37.0 Å². The molecule has 1 aliphatic carbocycles. The van der Waals surface area contributed by atoms with Gasteiger partial charge in [-0.2, -0.15) is 10.1 Å². The monoisotopic (exact) mass is 331 g/mol. The Bertz CT molecular complexity index is 1010. The molecule has 0 radical (unpaired) electrons. The SMILES string of the molecule is c1ccc(Nc2nc(Nc3cc(C4CC4)[nH]n3)c3cccn3n2)cc1. The maximum Gasteiger partial charge on any atom is 0.247 e. The summed E-state index contributed by atoms with van der Waals surface area (Å²) in [4.78, 5) is 4.63. The van der Waals surface area contributed by atoms with Crippen molar-refractivity contribution in [2.75, 3.05) is 10.6 Å². The lowest BCUT2D eigenvalue weighted by Crippen LogP contribution is -2.05. The van der Waals surface area contributed by atoms with Gasteiger partial charge >= 0.3 is 0 Å². The van der Waals surface area contributed by atoms with Gasteiger partial charge in [-0.15, -0.1) is 5.10 Å². The van der Waals surface area contributed by atoms with Gasteiger partial charge in [0.1, 0.15) is 5.52 Å². The predicted molar refractivity (Wildman–Crippen MR) is 96.6 cm³/mol. The summed E-state index contributed by atoms with van der Waals surface area (Å²) in [7, 11) is 0. The molecule has 7 heteroatoms. The lowest BCUT2D eigenvalue weighted by Gasteiger charge is -2.09. The number of H-pyrrole nitrogens is 1. The largest absolute Gasteiger partial charge is 0.323 e. The molecule has 0 spiro atoms. The summed E-state index contributed by atoms with van der Waals surface area (Å²) in [5.74, 6) is 2.65. The zero-order chi connectivity index (χ0) is 16.6. The van der Waals surface area contributed by atoms with Gasteiger partial charge in [-0.3, -0.25) is 5.10 Å². The Morgan fingerprint density at radius 3 is 2.76 bits per heavy atom. The second-order valence-corrected chi connectivity index (χ2v) is 6.22. The Labute approximate surface area is 144 Å². The Balaban J connectivity index is 1.48. The van der Waals surface area contributed by atoms with E-state index in [0.717, 1.165) is 17.0 Å². The molecule has 0 aliphatic heterocycles. The highest BCUT2D eigenvalue weighted by Gasteiger charge is 2.25. The van der Waals surface area contributed by atoms with Crippen LogP contribution < -0.4 is 10.6 Å². The van der Waals surface area contributed by atoms with Gasteiger partial charge in [0, 0.05) is 29.6 Å². The van der Waals surface area contributed by atoms with E-state index >= 15 is 0 Å². The van der Waals surface area contributed by atoms with Crippen LogP contribution >= 0.6 is 0 Å². The van der Waals surface area contributed by atoms with Crippen LogP contribution in [0, 0.1) is 0 Å². The highest BCUT2D eigenvalue weighted by atomic mass is 15.3. The standard InChI is InChI=1S/C18H17N7/c1-2-5-13(6-3-1)19-18-21-17(15-7-4-10-25(15)24-18)20-16-11-14(22-23-16)12-8-9-12/h1-7,10-12H,8-9H2,(H3,19,20,21,22,23,24). The van der Waals surface area contributed by atoms with E-state index in [1.807, 2.05) is 48.7 Å². The van der Waals surface area contributed by atoms with Gasteiger partial charge in [0.15, 0.2) is 11.6 Å². The van der Waals surface area contributed by atoms with E-state index < -0.39 is 0 Å². The number of hydrogen-bond acceptors (Lipinski definition) is 5. The minimum absolute atomic E-state index is 0.523. The fraction of sp³-hybridized carbons (Fsp3) is 0.167. The van der Waals surface area contributed by atoms with Gasteiger partial charge in [0.25, 0.3) is 0 Å². The zero-order valence-electron chi connectivity index (χ0n) is 13.5. The Kier molecular flexibility index (Phi) is 3.16. The van der Waals surface area contributed by atoms with Gasteiger partial charge in [-0.1, -0.05) is 18.2 Å². The van der Waals surface area contributed by atoms with Crippen LogP contribution in [0.1, 0.15) is 24.5 Å². The van der Waals surface area contributed by atoms with Crippen LogP contribution in [-0.2, 0) is 0 Å². The van der Waals surface area contributed by atoms with Crippen LogP contribution in [0.2, 0.25) is 0 Å². The molecule has 7 nitrogen and oxygen atoms in total. The molecule has 0 amide bonds. The molecular weight excluding hydrogens is 314 g/mol. The summed E-state index contributed by atoms with van der Waals surface area (Å²) < 4.78 is 1.80. The van der Waals surface area contributed by atoms with E-state index in [1.165, 1.54) is 18.5 Å². The van der Waals surface area contributed by atoms with Crippen molar-refractivity contribution in [3.8, 4) is 0 Å². The average molecular weight is 331 g/mol. The quantitative estimate of drug-likeness (QED) is 0.518. The summed E-state index contributed by atoms with van der Waals surface area (Å²) in [5.41, 5.74) is 3.02. The molecule has 0 unspecified atom stereocenters. The molecule has 1 aromatic carbocycles. The minimum Gasteiger partial charge on any atom is -0.323 e. The Morgan fingerprint density at radius 1 is 1.04 bits per heavy atom. The van der Waals surface area contributed by atoms with Crippen molar-refractivity contribution in [3.63, 3.8) is 0 Å². The molecule has 3 aromatic heterocycles. The topological polar surface area (TPSA) is 82.9 Å². The molecule has 5 rings (SSSR count). The van der Waals surface area contributed by atoms with Crippen molar-refractivity contribution in [2.45, 2.75) is 18.8 Å². The fourth-order valence-electron chi connectivity index (χ4n) is 2.86. The molecule has 1 saturated carbocycles. The molecule has 124 valence electrons. The van der Waals surface area contributed by atoms with E-state index in [9.17, 15) is 0 Å². The van der Waals surface area contributed by atoms with Crippen molar-refractivity contribution in [2.24, 2.45) is 0 Å². The van der Waals surface area contributed by atoms with E-state index in [0.29, 0.717) is 17.7 Å². The number of aromatic nitrogens is 5. The summed E-state index contributed by atoms with van der Waals surface area (Å²) in [6.45, 7) is 0. The lowest BCUT2D eigenvalue weighted by atomic mass is 10.3. The third-order valence-electron chi connectivity index (χ3n) is 4.28. The summed E-state index contributed by atoms with van der Waals surface area (Å²) in [6.07, 6.45) is 4.38. The molecule has 1 fully saturated rings. The molecule has 0 bridgehead atoms. The van der Waals surface area contributed by atoms with Gasteiger partial charge < -0.3 is 10.6 Å². The number of benzene rings is 1. The number of aromatic amines is 1. The minimum atomic E-state index is 0.523. The van der Waals surface area contributed by atoms with Crippen LogP contribution in [0.3, 0.4) is 0 Å². The number of hydrogen-bond donors (Lipinski definition) is 3. The third-order valence-corrected chi connectivity index (χ3v) is 4.28. The lowest BCUT2D eigenvalue weighted by molar-refractivity contribution is 0.914. The number of anilines is 4. The number of para-hydroxylation sites is 1. The number of fused-ring (bicyclic) bond motifs is 1. The number of nitrogens with one attached hydrogen (secondary N) is 3. The first-order chi connectivity index (χ1) is 12.3. The maximum atomic E-state index is 4.63. The first-order valence-electron chi connectivity index (χ1n) is 8.35. The van der Waals surface area contributed by atoms with Crippen LogP contribution in [0.15, 0.2) is 54.7 Å². The van der Waals surface area contributed by atoms with E-state index in [1.54, 1.807) is 4.52 Å². The van der Waals surface area contributed by atoms with Gasteiger partial charge in [-0.05, 0) is 37.1 Å². The molecule has 1 aliphatic rings. The zero-order valence-corrected chi connectivity index (χ0v) is 13.5. The summed E-state index contributed by atoms with van der Waals surface area (Å²) in [6, 6.07) is 15.9. The first-order valence-corrected chi connectivity index (χ1v) is 8.35. The summed E-state index contributed by atoms with van der Waals surface area (Å²) >= 11 is 0. The van der Waals surface area contributed by atoms with Gasteiger partial charge in [0.2, 0.25) is 5.95 Å². The molecule has 0 saturated heterocycles. The second kappa shape index (κ2) is 5.62. The molecule has 3 N–H and O–H groups in total. The highest BCUT2D eigenvalue weighted by molar-refractivity contribution is 5.73. The molecule has 25 heavy (non-hydrogen) atoms. The van der Waals surface area contributed by atoms with E-state index in [4.69, 9.17) is 0 Å². The highest BCUT2D eigenvalue weighted by Crippen LogP contribution is 2.39. The number of nitrogens with zero attached hydrogens (tertiary/aromatic N) is 4. The van der Waals surface area contributed by atoms with Gasteiger partial charge in [0.05, 0.1) is 0 Å². The predicted octanol–water partition coefficient (Wildman–Crippen LogP) is 3.82. The average Bonchev–Trinajstić information content (AvgIpc) is 3.18. The molecule has 0 atom stereocenters. The van der Waals surface area contributed by atoms with E-state index in [-0.39, 0.29) is 0 Å². The normalized spacial score (nSPS) is 13.9. The van der Waals surface area contributed by atoms with Crippen LogP contribution in [0.4, 0.5) is 23.3 Å². The maximum absolute atomic E-state index is 4.63. The summed E-state index contributed by atoms with van der Waals surface area (Å²) in [5, 5.41) is 18.5. The van der Waals surface area contributed by atoms with Crippen LogP contribution in [-0.4, -0.2) is 24.8 Å². The van der Waals surface area contributed by atoms with Gasteiger partial charge in [-0.25, -0.2) is 4.52 Å². The van der Waals surface area contributed by atoms with Crippen molar-refractivity contribution in [1.29, 1.82) is 0 Å². The number of rotatable bonds is 5. The first kappa shape index (κ1) is 14.0. The smallest absolute Gasteiger partial charge is 0.247 e. The molecule has 3 heterocycles. The second-order valence-electron chi connectivity index (χ2n) is 6.22. The van der Waals surface area contributed by atoms with Crippen LogP contribution in [0.25, 0.3) is 5.52 Å². The Morgan fingerprint density at radius 2 is 1.92 bits per heavy atom. The van der Waals surface area contributed by atoms with Crippen molar-refractivity contribution in [1.82, 2.24) is 24.8 Å². The fourth-order valence-corrected chi connectivity index (χ4v) is 2.86. The molecular formula is C18H17N7. The molecule has 4 aromatic rings. The van der Waals surface area contributed by atoms with Crippen molar-refractivity contribution < 1.29 is 0 Å². The third kappa shape index (κ3) is 2.80. The van der Waals surface area contributed by atoms with Crippen LogP contribution in [0.5, 0.6) is 0 Å². The van der Waals surface area contributed by atoms with Crippen molar-refractivity contribution in [3.05, 3.63) is 60.4 Å². The van der Waals surface area contributed by atoms with Crippen molar-refractivity contribution >= 4 is 28.8 Å².